The first-order chi connectivity index (χ1) is 25.3. The number of fused-ring (bicyclic) bond motifs is 2. The Morgan fingerprint density at radius 1 is 0.808 bits per heavy atom. The van der Waals surface area contributed by atoms with Gasteiger partial charge in [-0.1, -0.05) is 84.9 Å². The molecule has 0 aromatic heterocycles. The highest BCUT2D eigenvalue weighted by Gasteiger charge is 2.64. The van der Waals surface area contributed by atoms with Gasteiger partial charge in [-0.25, -0.2) is 4.67 Å². The summed E-state index contributed by atoms with van der Waals surface area (Å²) in [5, 5.41) is 9.36. The molecule has 2 bridgehead atoms. The zero-order valence-electron chi connectivity index (χ0n) is 30.8. The van der Waals surface area contributed by atoms with E-state index in [1.807, 2.05) is 84.9 Å². The fourth-order valence-electron chi connectivity index (χ4n) is 7.28. The van der Waals surface area contributed by atoms with Gasteiger partial charge >= 0.3 is 0 Å². The molecular weight excluding hydrogens is 675 g/mol. The third-order valence-corrected chi connectivity index (χ3v) is 11.8. The normalized spacial score (nSPS) is 21.8. The fraction of sp³-hybridized carbons (Fsp3) is 0.405. The van der Waals surface area contributed by atoms with Crippen LogP contribution in [0.5, 0.6) is 11.5 Å². The van der Waals surface area contributed by atoms with E-state index < -0.39 is 31.9 Å². The lowest BCUT2D eigenvalue weighted by Crippen LogP contribution is -2.49. The molecular formula is C42H49N2O7P. The van der Waals surface area contributed by atoms with E-state index >= 15 is 0 Å². The lowest BCUT2D eigenvalue weighted by atomic mass is 9.79. The molecule has 0 N–H and O–H groups in total. The van der Waals surface area contributed by atoms with Gasteiger partial charge in [-0.2, -0.15) is 5.26 Å². The first-order valence-corrected chi connectivity index (χ1v) is 19.0. The minimum atomic E-state index is -1.60. The van der Waals surface area contributed by atoms with Crippen molar-refractivity contribution < 1.29 is 32.7 Å². The Morgan fingerprint density at radius 2 is 1.35 bits per heavy atom. The first kappa shape index (κ1) is 37.9. The minimum absolute atomic E-state index is 0.127. The third-order valence-electron chi connectivity index (χ3n) is 9.70. The molecule has 0 aliphatic carbocycles. The molecule has 2 saturated heterocycles. The van der Waals surface area contributed by atoms with Crippen molar-refractivity contribution >= 4 is 8.53 Å². The van der Waals surface area contributed by atoms with Crippen LogP contribution in [0.4, 0.5) is 0 Å². The monoisotopic (exact) mass is 724 g/mol. The Balaban J connectivity index is 1.46. The molecule has 2 aliphatic heterocycles. The molecule has 2 aliphatic rings. The van der Waals surface area contributed by atoms with E-state index in [0.717, 1.165) is 33.8 Å². The summed E-state index contributed by atoms with van der Waals surface area (Å²) < 4.78 is 48.1. The number of benzene rings is 4. The Bertz CT molecular complexity index is 1700. The molecule has 6 rings (SSSR count). The molecule has 2 fully saturated rings. The van der Waals surface area contributed by atoms with E-state index in [2.05, 4.69) is 62.7 Å². The standard InChI is InChI=1S/C42H49N2O7P/c1-30(2)44(31(3)4)52(49-27-13-26-43)51-40-39-38(32-14-9-7-10-15-32)50-41(40,28-47-39)29-48-42(33-16-11-8-12-17-33,34-18-22-36(45-5)23-19-34)35-20-24-37(46-6)25-21-35/h7-12,14-25,30-31,38-40H,13,27-29H2,1-6H3/t38-,39+,40-,41+,52?/m0/s1. The molecule has 1 unspecified atom stereocenters. The summed E-state index contributed by atoms with van der Waals surface area (Å²) in [5.74, 6) is 1.49. The number of hydrogen-bond donors (Lipinski definition) is 0. The second-order valence-electron chi connectivity index (χ2n) is 13.7. The number of methoxy groups -OCH3 is 2. The quantitative estimate of drug-likeness (QED) is 0.0603. The largest absolute Gasteiger partial charge is 0.497 e. The molecule has 52 heavy (non-hydrogen) atoms. The summed E-state index contributed by atoms with van der Waals surface area (Å²) in [6, 6.07) is 38.8. The number of ether oxygens (including phenoxy) is 5. The predicted molar refractivity (Wildman–Crippen MR) is 201 cm³/mol. The van der Waals surface area contributed by atoms with Crippen molar-refractivity contribution in [3.05, 3.63) is 131 Å². The average molecular weight is 725 g/mol. The third kappa shape index (κ3) is 7.62. The summed E-state index contributed by atoms with van der Waals surface area (Å²) in [5.41, 5.74) is 1.71. The van der Waals surface area contributed by atoms with Gasteiger partial charge in [0.25, 0.3) is 8.53 Å². The summed E-state index contributed by atoms with van der Waals surface area (Å²) in [4.78, 5) is 0. The highest BCUT2D eigenvalue weighted by Crippen LogP contribution is 2.57. The summed E-state index contributed by atoms with van der Waals surface area (Å²) >= 11 is 0. The molecule has 0 radical (unpaired) electrons. The van der Waals surface area contributed by atoms with Crippen LogP contribution in [0.3, 0.4) is 0 Å². The van der Waals surface area contributed by atoms with Gasteiger partial charge in [0.2, 0.25) is 0 Å². The Morgan fingerprint density at radius 3 is 1.87 bits per heavy atom. The summed E-state index contributed by atoms with van der Waals surface area (Å²) in [7, 11) is 1.72. The van der Waals surface area contributed by atoms with Crippen LogP contribution in [0.2, 0.25) is 0 Å². The van der Waals surface area contributed by atoms with Crippen molar-refractivity contribution in [1.29, 1.82) is 5.26 Å². The molecule has 10 heteroatoms. The van der Waals surface area contributed by atoms with Crippen molar-refractivity contribution in [2.45, 2.75) is 75.7 Å². The molecule has 9 nitrogen and oxygen atoms in total. The zero-order chi connectivity index (χ0) is 36.7. The lowest BCUT2D eigenvalue weighted by Gasteiger charge is -2.41. The number of nitriles is 1. The Labute approximate surface area is 309 Å². The van der Waals surface area contributed by atoms with Gasteiger partial charge in [-0.3, -0.25) is 0 Å². The van der Waals surface area contributed by atoms with Crippen molar-refractivity contribution in [2.24, 2.45) is 0 Å². The van der Waals surface area contributed by atoms with Crippen molar-refractivity contribution in [3.8, 4) is 17.6 Å². The van der Waals surface area contributed by atoms with Gasteiger partial charge in [-0.15, -0.1) is 0 Å². The molecule has 0 saturated carbocycles. The van der Waals surface area contributed by atoms with Gasteiger partial charge in [0.05, 0.1) is 46.5 Å². The van der Waals surface area contributed by atoms with Crippen LogP contribution in [-0.2, 0) is 28.9 Å². The first-order valence-electron chi connectivity index (χ1n) is 17.8. The summed E-state index contributed by atoms with van der Waals surface area (Å²) in [6.07, 6.45) is -1.08. The van der Waals surface area contributed by atoms with Crippen LogP contribution in [0.25, 0.3) is 0 Å². The van der Waals surface area contributed by atoms with Crippen LogP contribution < -0.4 is 9.47 Å². The van der Waals surface area contributed by atoms with Gasteiger partial charge in [0.1, 0.15) is 41.0 Å². The van der Waals surface area contributed by atoms with Crippen LogP contribution in [0.15, 0.2) is 109 Å². The van der Waals surface area contributed by atoms with Gasteiger partial charge < -0.3 is 32.7 Å². The second kappa shape index (κ2) is 16.9. The Hall–Kier alpha value is -3.84. The molecule has 0 spiro atoms. The molecule has 2 heterocycles. The van der Waals surface area contributed by atoms with Crippen molar-refractivity contribution in [1.82, 2.24) is 4.67 Å². The number of rotatable bonds is 17. The van der Waals surface area contributed by atoms with Gasteiger partial charge in [-0.05, 0) is 74.2 Å². The van der Waals surface area contributed by atoms with E-state index in [1.54, 1.807) is 14.2 Å². The van der Waals surface area contributed by atoms with Gasteiger partial charge in [0, 0.05) is 12.1 Å². The maximum Gasteiger partial charge on any atom is 0.259 e. The molecule has 5 atom stereocenters. The smallest absolute Gasteiger partial charge is 0.259 e. The number of nitrogens with zero attached hydrogens (tertiary/aromatic N) is 2. The summed E-state index contributed by atoms with van der Waals surface area (Å²) in [6.45, 7) is 9.19. The molecule has 4 aromatic carbocycles. The van der Waals surface area contributed by atoms with E-state index in [9.17, 15) is 5.26 Å². The van der Waals surface area contributed by atoms with Crippen LogP contribution in [-0.4, -0.2) is 68.6 Å². The van der Waals surface area contributed by atoms with E-state index in [1.165, 1.54) is 0 Å². The molecule has 4 aromatic rings. The topological polar surface area (TPSA) is 91.6 Å². The Kier molecular flexibility index (Phi) is 12.3. The van der Waals surface area contributed by atoms with E-state index in [0.29, 0.717) is 0 Å². The second-order valence-corrected chi connectivity index (χ2v) is 15.1. The maximum atomic E-state index is 9.36. The van der Waals surface area contributed by atoms with Gasteiger partial charge in [0.15, 0.2) is 0 Å². The molecule has 0 amide bonds. The lowest BCUT2D eigenvalue weighted by molar-refractivity contribution is -0.184. The highest BCUT2D eigenvalue weighted by molar-refractivity contribution is 7.44. The fourth-order valence-corrected chi connectivity index (χ4v) is 9.09. The van der Waals surface area contributed by atoms with E-state index in [4.69, 9.17) is 32.7 Å². The average Bonchev–Trinajstić information content (AvgIpc) is 3.67. The van der Waals surface area contributed by atoms with Crippen LogP contribution in [0.1, 0.15) is 62.5 Å². The maximum absolute atomic E-state index is 9.36. The SMILES string of the molecule is COc1ccc(C(OC[C@@]23CO[C@H]([C@H](c4ccccc4)O2)[C@@H]3OP(OCCC#N)N(C(C)C)C(C)C)(c2ccccc2)c2ccc(OC)cc2)cc1. The minimum Gasteiger partial charge on any atom is -0.497 e. The number of hydrogen-bond acceptors (Lipinski definition) is 9. The molecule has 274 valence electrons. The van der Waals surface area contributed by atoms with Crippen molar-refractivity contribution in [2.75, 3.05) is 34.0 Å². The van der Waals surface area contributed by atoms with E-state index in [-0.39, 0.29) is 44.4 Å². The van der Waals surface area contributed by atoms with Crippen LogP contribution in [0, 0.1) is 11.3 Å². The van der Waals surface area contributed by atoms with Crippen LogP contribution >= 0.6 is 8.53 Å². The predicted octanol–water partition coefficient (Wildman–Crippen LogP) is 8.58. The zero-order valence-corrected chi connectivity index (χ0v) is 31.7. The highest BCUT2D eigenvalue weighted by atomic mass is 31.2. The van der Waals surface area contributed by atoms with Crippen molar-refractivity contribution in [3.63, 3.8) is 0 Å².